The number of aromatic nitrogens is 2. The third-order valence-electron chi connectivity index (χ3n) is 3.14. The average molecular weight is 301 g/mol. The van der Waals surface area contributed by atoms with Crippen molar-refractivity contribution in [3.05, 3.63) is 46.4 Å². The Morgan fingerprint density at radius 1 is 1.38 bits per heavy atom. The first-order chi connectivity index (χ1) is 10.3. The average Bonchev–Trinajstić information content (AvgIpc) is 3.12. The molecule has 0 unspecified atom stereocenters. The molecule has 1 amide bonds. The number of benzene rings is 1. The Balaban J connectivity index is 1.59. The van der Waals surface area contributed by atoms with E-state index in [1.165, 1.54) is 11.3 Å². The molecule has 0 saturated heterocycles. The van der Waals surface area contributed by atoms with Crippen LogP contribution in [-0.2, 0) is 6.42 Å². The molecule has 2 heterocycles. The first-order valence-corrected chi connectivity index (χ1v) is 7.49. The van der Waals surface area contributed by atoms with Crippen LogP contribution in [0, 0.1) is 0 Å². The van der Waals surface area contributed by atoms with Crippen molar-refractivity contribution in [1.29, 1.82) is 0 Å². The number of methoxy groups -OCH3 is 1. The zero-order valence-corrected chi connectivity index (χ0v) is 12.4. The molecule has 0 spiro atoms. The van der Waals surface area contributed by atoms with Crippen molar-refractivity contribution < 1.29 is 9.53 Å². The van der Waals surface area contributed by atoms with Gasteiger partial charge in [0.1, 0.15) is 16.5 Å². The Kier molecular flexibility index (Phi) is 3.87. The second-order valence-electron chi connectivity index (χ2n) is 4.52. The Morgan fingerprint density at radius 3 is 3.05 bits per heavy atom. The lowest BCUT2D eigenvalue weighted by Crippen LogP contribution is -2.25. The van der Waals surface area contributed by atoms with Crippen LogP contribution in [0.15, 0.2) is 35.7 Å². The Bertz CT molecular complexity index is 730. The number of amides is 1. The molecule has 5 nitrogen and oxygen atoms in total. The van der Waals surface area contributed by atoms with E-state index in [1.807, 2.05) is 29.6 Å². The molecule has 0 saturated carbocycles. The second-order valence-corrected chi connectivity index (χ2v) is 5.44. The molecule has 1 aromatic carbocycles. The standard InChI is InChI=1S/C15H15N3O2S/c1-20-12-7-9-21-14(12)15(19)16-8-6-13-17-10-4-2-3-5-11(10)18-13/h2-5,7,9H,6,8H2,1H3,(H,16,19)(H,17,18). The summed E-state index contributed by atoms with van der Waals surface area (Å²) in [6, 6.07) is 9.66. The molecular formula is C15H15N3O2S. The molecular weight excluding hydrogens is 286 g/mol. The zero-order valence-electron chi connectivity index (χ0n) is 11.6. The lowest BCUT2D eigenvalue weighted by atomic mass is 10.3. The number of rotatable bonds is 5. The number of carbonyl (C=O) groups excluding carboxylic acids is 1. The minimum Gasteiger partial charge on any atom is -0.495 e. The van der Waals surface area contributed by atoms with Gasteiger partial charge in [0.2, 0.25) is 0 Å². The van der Waals surface area contributed by atoms with Crippen LogP contribution in [-0.4, -0.2) is 29.5 Å². The number of para-hydroxylation sites is 2. The van der Waals surface area contributed by atoms with Gasteiger partial charge in [-0.2, -0.15) is 0 Å². The van der Waals surface area contributed by atoms with Gasteiger partial charge in [-0.15, -0.1) is 11.3 Å². The summed E-state index contributed by atoms with van der Waals surface area (Å²) in [6.07, 6.45) is 0.661. The summed E-state index contributed by atoms with van der Waals surface area (Å²) in [5.74, 6) is 1.37. The highest BCUT2D eigenvalue weighted by atomic mass is 32.1. The van der Waals surface area contributed by atoms with E-state index in [0.717, 1.165) is 16.9 Å². The van der Waals surface area contributed by atoms with Crippen LogP contribution in [0.1, 0.15) is 15.5 Å². The number of ether oxygens (including phenoxy) is 1. The lowest BCUT2D eigenvalue weighted by molar-refractivity contribution is 0.0955. The Hall–Kier alpha value is -2.34. The fraction of sp³-hybridized carbons (Fsp3) is 0.200. The number of nitrogens with one attached hydrogen (secondary N) is 2. The van der Waals surface area contributed by atoms with Gasteiger partial charge >= 0.3 is 0 Å². The van der Waals surface area contributed by atoms with Crippen molar-refractivity contribution in [3.63, 3.8) is 0 Å². The second kappa shape index (κ2) is 5.97. The van der Waals surface area contributed by atoms with Gasteiger partial charge in [0.15, 0.2) is 0 Å². The predicted octanol–water partition coefficient (Wildman–Crippen LogP) is 2.61. The summed E-state index contributed by atoms with van der Waals surface area (Å²) in [6.45, 7) is 0.527. The molecule has 0 radical (unpaired) electrons. The van der Waals surface area contributed by atoms with Crippen molar-refractivity contribution in [1.82, 2.24) is 15.3 Å². The number of imidazole rings is 1. The minimum atomic E-state index is -0.113. The van der Waals surface area contributed by atoms with Crippen LogP contribution in [0.4, 0.5) is 0 Å². The summed E-state index contributed by atoms with van der Waals surface area (Å²) in [4.78, 5) is 20.4. The van der Waals surface area contributed by atoms with Gasteiger partial charge in [0, 0.05) is 13.0 Å². The van der Waals surface area contributed by atoms with Gasteiger partial charge in [-0.25, -0.2) is 4.98 Å². The van der Waals surface area contributed by atoms with Gasteiger partial charge in [-0.1, -0.05) is 12.1 Å². The molecule has 2 aromatic heterocycles. The molecule has 3 rings (SSSR count). The molecule has 0 fully saturated rings. The smallest absolute Gasteiger partial charge is 0.265 e. The first kappa shape index (κ1) is 13.6. The van der Waals surface area contributed by atoms with E-state index in [9.17, 15) is 4.79 Å². The zero-order chi connectivity index (χ0) is 14.7. The van der Waals surface area contributed by atoms with E-state index in [2.05, 4.69) is 15.3 Å². The SMILES string of the molecule is COc1ccsc1C(=O)NCCc1nc2ccccc2[nH]1. The van der Waals surface area contributed by atoms with Crippen molar-refractivity contribution in [2.75, 3.05) is 13.7 Å². The maximum atomic E-state index is 12.0. The number of fused-ring (bicyclic) bond motifs is 1. The number of aromatic amines is 1. The molecule has 2 N–H and O–H groups in total. The van der Waals surface area contributed by atoms with E-state index in [0.29, 0.717) is 23.6 Å². The number of hydrogen-bond donors (Lipinski definition) is 2. The van der Waals surface area contributed by atoms with Crippen LogP contribution >= 0.6 is 11.3 Å². The molecule has 3 aromatic rings. The highest BCUT2D eigenvalue weighted by Gasteiger charge is 2.13. The molecule has 0 atom stereocenters. The van der Waals surface area contributed by atoms with Gasteiger partial charge in [0.25, 0.3) is 5.91 Å². The third kappa shape index (κ3) is 2.90. The molecule has 6 heteroatoms. The lowest BCUT2D eigenvalue weighted by Gasteiger charge is -2.04. The quantitative estimate of drug-likeness (QED) is 0.761. The summed E-state index contributed by atoms with van der Waals surface area (Å²) >= 11 is 1.37. The number of nitrogens with zero attached hydrogens (tertiary/aromatic N) is 1. The maximum absolute atomic E-state index is 12.0. The molecule has 0 aliphatic rings. The number of hydrogen-bond acceptors (Lipinski definition) is 4. The topological polar surface area (TPSA) is 67.0 Å². The van der Waals surface area contributed by atoms with Crippen molar-refractivity contribution in [3.8, 4) is 5.75 Å². The third-order valence-corrected chi connectivity index (χ3v) is 4.04. The predicted molar refractivity (Wildman–Crippen MR) is 83.0 cm³/mol. The summed E-state index contributed by atoms with van der Waals surface area (Å²) < 4.78 is 5.14. The highest BCUT2D eigenvalue weighted by Crippen LogP contribution is 2.23. The van der Waals surface area contributed by atoms with Gasteiger partial charge in [0.05, 0.1) is 18.1 Å². The van der Waals surface area contributed by atoms with E-state index in [4.69, 9.17) is 4.74 Å². The van der Waals surface area contributed by atoms with E-state index < -0.39 is 0 Å². The Labute approximate surface area is 126 Å². The van der Waals surface area contributed by atoms with Gasteiger partial charge in [-0.3, -0.25) is 4.79 Å². The molecule has 0 aliphatic carbocycles. The van der Waals surface area contributed by atoms with Crippen LogP contribution < -0.4 is 10.1 Å². The van der Waals surface area contributed by atoms with Crippen LogP contribution in [0.5, 0.6) is 5.75 Å². The normalized spacial score (nSPS) is 10.7. The van der Waals surface area contributed by atoms with Gasteiger partial charge in [-0.05, 0) is 23.6 Å². The van der Waals surface area contributed by atoms with Crippen molar-refractivity contribution in [2.24, 2.45) is 0 Å². The minimum absolute atomic E-state index is 0.113. The van der Waals surface area contributed by atoms with E-state index >= 15 is 0 Å². The van der Waals surface area contributed by atoms with Crippen molar-refractivity contribution in [2.45, 2.75) is 6.42 Å². The molecule has 21 heavy (non-hydrogen) atoms. The van der Waals surface area contributed by atoms with Crippen molar-refractivity contribution >= 4 is 28.3 Å². The number of thiophene rings is 1. The number of H-pyrrole nitrogens is 1. The molecule has 0 bridgehead atoms. The molecule has 0 aliphatic heterocycles. The van der Waals surface area contributed by atoms with Gasteiger partial charge < -0.3 is 15.0 Å². The van der Waals surface area contributed by atoms with Crippen LogP contribution in [0.2, 0.25) is 0 Å². The summed E-state index contributed by atoms with van der Waals surface area (Å²) in [5.41, 5.74) is 1.96. The number of carbonyl (C=O) groups is 1. The molecule has 108 valence electrons. The fourth-order valence-corrected chi connectivity index (χ4v) is 2.90. The van der Waals surface area contributed by atoms with E-state index in [-0.39, 0.29) is 5.91 Å². The van der Waals surface area contributed by atoms with Crippen LogP contribution in [0.3, 0.4) is 0 Å². The Morgan fingerprint density at radius 2 is 2.24 bits per heavy atom. The largest absolute Gasteiger partial charge is 0.495 e. The summed E-state index contributed by atoms with van der Waals surface area (Å²) in [5, 5.41) is 4.72. The fourth-order valence-electron chi connectivity index (χ4n) is 2.12. The maximum Gasteiger partial charge on any atom is 0.265 e. The monoisotopic (exact) mass is 301 g/mol. The summed E-state index contributed by atoms with van der Waals surface area (Å²) in [7, 11) is 1.56. The highest BCUT2D eigenvalue weighted by molar-refractivity contribution is 7.12. The first-order valence-electron chi connectivity index (χ1n) is 6.61. The van der Waals surface area contributed by atoms with Crippen LogP contribution in [0.25, 0.3) is 11.0 Å². The van der Waals surface area contributed by atoms with E-state index in [1.54, 1.807) is 13.2 Å².